The molecule has 1 amide bonds. The maximum absolute atomic E-state index is 13.3. The molecule has 0 bridgehead atoms. The molecular weight excluding hydrogens is 233 g/mol. The summed E-state index contributed by atoms with van der Waals surface area (Å²) < 4.78 is 13.9. The van der Waals surface area contributed by atoms with Crippen LogP contribution in [0.1, 0.15) is 10.4 Å². The van der Waals surface area contributed by atoms with Crippen LogP contribution >= 0.6 is 24.0 Å². The number of hydrogen-bond donors (Lipinski definition) is 0. The number of amides is 1. The van der Waals surface area contributed by atoms with Gasteiger partial charge in [0.15, 0.2) is 0 Å². The number of carbonyl (C=O) groups is 1. The van der Waals surface area contributed by atoms with E-state index in [1.165, 1.54) is 28.8 Å². The van der Waals surface area contributed by atoms with E-state index in [0.717, 1.165) is 5.75 Å². The zero-order valence-corrected chi connectivity index (χ0v) is 9.41. The maximum Gasteiger partial charge on any atom is 0.262 e. The molecule has 15 heavy (non-hydrogen) atoms. The SMILES string of the molecule is O=C(c1ccccc1F)N1CCSC1=S. The fourth-order valence-corrected chi connectivity index (χ4v) is 2.56. The van der Waals surface area contributed by atoms with Crippen LogP contribution in [0.2, 0.25) is 0 Å². The summed E-state index contributed by atoms with van der Waals surface area (Å²) in [5.74, 6) is -0.0516. The third-order valence-corrected chi connectivity index (χ3v) is 3.54. The normalized spacial score (nSPS) is 15.8. The molecule has 1 aliphatic heterocycles. The molecule has 2 rings (SSSR count). The first-order valence-electron chi connectivity index (χ1n) is 4.43. The van der Waals surface area contributed by atoms with E-state index in [1.54, 1.807) is 12.1 Å². The number of benzene rings is 1. The molecule has 0 N–H and O–H groups in total. The summed E-state index contributed by atoms with van der Waals surface area (Å²) in [6.45, 7) is 0.566. The number of thioether (sulfide) groups is 1. The van der Waals surface area contributed by atoms with Crippen molar-refractivity contribution in [1.29, 1.82) is 0 Å². The van der Waals surface area contributed by atoms with Gasteiger partial charge in [0.25, 0.3) is 5.91 Å². The summed E-state index contributed by atoms with van der Waals surface area (Å²) in [6, 6.07) is 5.95. The molecule has 0 spiro atoms. The minimum atomic E-state index is -0.498. The van der Waals surface area contributed by atoms with Crippen molar-refractivity contribution in [2.24, 2.45) is 0 Å². The summed E-state index contributed by atoms with van der Waals surface area (Å²) in [6.07, 6.45) is 0. The number of rotatable bonds is 1. The molecule has 0 aromatic heterocycles. The Morgan fingerprint density at radius 3 is 2.80 bits per heavy atom. The summed E-state index contributed by atoms with van der Waals surface area (Å²) in [4.78, 5) is 13.3. The van der Waals surface area contributed by atoms with Gasteiger partial charge in [-0.1, -0.05) is 36.1 Å². The third-order valence-electron chi connectivity index (χ3n) is 2.11. The second-order valence-corrected chi connectivity index (χ2v) is 4.78. The standard InChI is InChI=1S/C10H8FNOS2/c11-8-4-2-1-3-7(8)9(13)12-5-6-15-10(12)14/h1-4H,5-6H2. The molecule has 5 heteroatoms. The highest BCUT2D eigenvalue weighted by atomic mass is 32.2. The Kier molecular flexibility index (Phi) is 3.02. The summed E-state index contributed by atoms with van der Waals surface area (Å²) in [5, 5.41) is 0. The molecule has 0 aliphatic carbocycles. The van der Waals surface area contributed by atoms with Crippen LogP contribution in [-0.4, -0.2) is 27.4 Å². The minimum Gasteiger partial charge on any atom is -0.293 e. The van der Waals surface area contributed by atoms with Gasteiger partial charge >= 0.3 is 0 Å². The van der Waals surface area contributed by atoms with E-state index in [1.807, 2.05) is 0 Å². The average molecular weight is 241 g/mol. The van der Waals surface area contributed by atoms with Gasteiger partial charge in [0, 0.05) is 12.3 Å². The lowest BCUT2D eigenvalue weighted by atomic mass is 10.2. The lowest BCUT2D eigenvalue weighted by Crippen LogP contribution is -2.31. The van der Waals surface area contributed by atoms with Gasteiger partial charge < -0.3 is 0 Å². The molecule has 78 valence electrons. The van der Waals surface area contributed by atoms with E-state index in [9.17, 15) is 9.18 Å². The van der Waals surface area contributed by atoms with Gasteiger partial charge in [-0.05, 0) is 12.1 Å². The van der Waals surface area contributed by atoms with E-state index in [2.05, 4.69) is 0 Å². The first kappa shape index (κ1) is 10.6. The summed E-state index contributed by atoms with van der Waals surface area (Å²) in [7, 11) is 0. The molecule has 0 saturated carbocycles. The van der Waals surface area contributed by atoms with Crippen LogP contribution in [0.5, 0.6) is 0 Å². The van der Waals surface area contributed by atoms with Gasteiger partial charge in [-0.25, -0.2) is 4.39 Å². The van der Waals surface area contributed by atoms with Crippen molar-refractivity contribution in [2.75, 3.05) is 12.3 Å². The molecule has 1 saturated heterocycles. The predicted molar refractivity (Wildman–Crippen MR) is 62.5 cm³/mol. The highest BCUT2D eigenvalue weighted by Crippen LogP contribution is 2.21. The zero-order valence-electron chi connectivity index (χ0n) is 7.77. The molecular formula is C10H8FNOS2. The van der Waals surface area contributed by atoms with Gasteiger partial charge in [-0.3, -0.25) is 9.69 Å². The monoisotopic (exact) mass is 241 g/mol. The Hall–Kier alpha value is -0.940. The van der Waals surface area contributed by atoms with Crippen LogP contribution in [0.25, 0.3) is 0 Å². The topological polar surface area (TPSA) is 20.3 Å². The molecule has 1 fully saturated rings. The maximum atomic E-state index is 13.3. The van der Waals surface area contributed by atoms with E-state index >= 15 is 0 Å². The molecule has 0 unspecified atom stereocenters. The first-order chi connectivity index (χ1) is 7.20. The molecule has 1 aliphatic rings. The second kappa shape index (κ2) is 4.28. The van der Waals surface area contributed by atoms with Gasteiger partial charge in [-0.2, -0.15) is 0 Å². The minimum absolute atomic E-state index is 0.0855. The van der Waals surface area contributed by atoms with Crippen molar-refractivity contribution >= 4 is 34.2 Å². The van der Waals surface area contributed by atoms with Gasteiger partial charge in [-0.15, -0.1) is 0 Å². The highest BCUT2D eigenvalue weighted by molar-refractivity contribution is 8.23. The molecule has 1 aromatic rings. The number of hydrogen-bond acceptors (Lipinski definition) is 3. The van der Waals surface area contributed by atoms with Crippen molar-refractivity contribution in [1.82, 2.24) is 4.90 Å². The smallest absolute Gasteiger partial charge is 0.262 e. The van der Waals surface area contributed by atoms with Crippen LogP contribution in [0.4, 0.5) is 4.39 Å². The van der Waals surface area contributed by atoms with E-state index in [4.69, 9.17) is 12.2 Å². The highest BCUT2D eigenvalue weighted by Gasteiger charge is 2.26. The predicted octanol–water partition coefficient (Wildman–Crippen LogP) is 2.30. The molecule has 2 nitrogen and oxygen atoms in total. The molecule has 0 radical (unpaired) electrons. The molecule has 0 atom stereocenters. The van der Waals surface area contributed by atoms with E-state index in [-0.39, 0.29) is 11.5 Å². The van der Waals surface area contributed by atoms with Crippen LogP contribution in [-0.2, 0) is 0 Å². The van der Waals surface area contributed by atoms with Crippen molar-refractivity contribution in [2.45, 2.75) is 0 Å². The quantitative estimate of drug-likeness (QED) is 0.704. The fourth-order valence-electron chi connectivity index (χ4n) is 1.36. The van der Waals surface area contributed by atoms with Gasteiger partial charge in [0.1, 0.15) is 10.1 Å². The third kappa shape index (κ3) is 2.03. The summed E-state index contributed by atoms with van der Waals surface area (Å²) >= 11 is 6.45. The van der Waals surface area contributed by atoms with Crippen LogP contribution in [0.3, 0.4) is 0 Å². The Morgan fingerprint density at radius 2 is 2.20 bits per heavy atom. The molecule has 1 heterocycles. The van der Waals surface area contributed by atoms with Gasteiger partial charge in [0.05, 0.1) is 5.56 Å². The average Bonchev–Trinajstić information content (AvgIpc) is 2.64. The lowest BCUT2D eigenvalue weighted by Gasteiger charge is -2.14. The number of thiocarbonyl (C=S) groups is 1. The molecule has 1 aromatic carbocycles. The van der Waals surface area contributed by atoms with Crippen LogP contribution in [0, 0.1) is 5.82 Å². The fraction of sp³-hybridized carbons (Fsp3) is 0.200. The van der Waals surface area contributed by atoms with Crippen molar-refractivity contribution < 1.29 is 9.18 Å². The lowest BCUT2D eigenvalue weighted by molar-refractivity contribution is 0.0857. The number of halogens is 1. The Balaban J connectivity index is 2.28. The van der Waals surface area contributed by atoms with Crippen molar-refractivity contribution in [3.8, 4) is 0 Å². The summed E-state index contributed by atoms with van der Waals surface area (Å²) in [5.41, 5.74) is 0.0855. The van der Waals surface area contributed by atoms with Crippen molar-refractivity contribution in [3.05, 3.63) is 35.6 Å². The number of carbonyl (C=O) groups excluding carboxylic acids is 1. The number of nitrogens with zero attached hydrogens (tertiary/aromatic N) is 1. The largest absolute Gasteiger partial charge is 0.293 e. The first-order valence-corrected chi connectivity index (χ1v) is 5.82. The second-order valence-electron chi connectivity index (χ2n) is 3.05. The Bertz CT molecular complexity index is 422. The van der Waals surface area contributed by atoms with Gasteiger partial charge in [0.2, 0.25) is 0 Å². The Morgan fingerprint density at radius 1 is 1.47 bits per heavy atom. The van der Waals surface area contributed by atoms with E-state index < -0.39 is 5.82 Å². The Labute approximate surface area is 96.5 Å². The van der Waals surface area contributed by atoms with E-state index in [0.29, 0.717) is 10.9 Å². The van der Waals surface area contributed by atoms with Crippen LogP contribution < -0.4 is 0 Å². The van der Waals surface area contributed by atoms with Crippen molar-refractivity contribution in [3.63, 3.8) is 0 Å². The zero-order chi connectivity index (χ0) is 10.8. The van der Waals surface area contributed by atoms with Crippen LogP contribution in [0.15, 0.2) is 24.3 Å².